The van der Waals surface area contributed by atoms with Crippen molar-refractivity contribution in [2.75, 3.05) is 11.5 Å². The van der Waals surface area contributed by atoms with E-state index in [1.807, 2.05) is 42.5 Å². The third-order valence-electron chi connectivity index (χ3n) is 4.44. The van der Waals surface area contributed by atoms with Gasteiger partial charge in [0, 0.05) is 6.04 Å². The minimum Gasteiger partial charge on any atom is -0.481 e. The zero-order valence-corrected chi connectivity index (χ0v) is 15.5. The van der Waals surface area contributed by atoms with Gasteiger partial charge in [0.05, 0.1) is 11.5 Å². The SMILES string of the molecule is CC(Oc1ccc(Cc2ccccc2)cc1)C(=O)NC1CCS(=O)(=O)C1. The molecule has 0 saturated carbocycles. The van der Waals surface area contributed by atoms with Crippen molar-refractivity contribution in [1.29, 1.82) is 0 Å². The van der Waals surface area contributed by atoms with Gasteiger partial charge in [-0.2, -0.15) is 0 Å². The Morgan fingerprint density at radius 3 is 2.38 bits per heavy atom. The topological polar surface area (TPSA) is 72.5 Å². The maximum atomic E-state index is 12.2. The summed E-state index contributed by atoms with van der Waals surface area (Å²) in [5.74, 6) is 0.472. The number of nitrogens with one attached hydrogen (secondary N) is 1. The Hall–Kier alpha value is -2.34. The summed E-state index contributed by atoms with van der Waals surface area (Å²) in [6, 6.07) is 17.5. The van der Waals surface area contributed by atoms with Gasteiger partial charge in [0.15, 0.2) is 15.9 Å². The summed E-state index contributed by atoms with van der Waals surface area (Å²) in [6.45, 7) is 1.66. The molecule has 26 heavy (non-hydrogen) atoms. The lowest BCUT2D eigenvalue weighted by Gasteiger charge is -2.17. The van der Waals surface area contributed by atoms with E-state index in [1.165, 1.54) is 5.56 Å². The smallest absolute Gasteiger partial charge is 0.261 e. The Morgan fingerprint density at radius 2 is 1.77 bits per heavy atom. The van der Waals surface area contributed by atoms with E-state index >= 15 is 0 Å². The molecule has 1 aliphatic heterocycles. The number of rotatable bonds is 6. The van der Waals surface area contributed by atoms with Crippen LogP contribution in [0.3, 0.4) is 0 Å². The highest BCUT2D eigenvalue weighted by Crippen LogP contribution is 2.17. The molecule has 0 spiro atoms. The summed E-state index contributed by atoms with van der Waals surface area (Å²) >= 11 is 0. The summed E-state index contributed by atoms with van der Waals surface area (Å²) in [6.07, 6.45) is 0.626. The van der Waals surface area contributed by atoms with Crippen LogP contribution in [0.2, 0.25) is 0 Å². The largest absolute Gasteiger partial charge is 0.481 e. The Balaban J connectivity index is 1.52. The summed E-state index contributed by atoms with van der Waals surface area (Å²) in [5, 5.41) is 2.76. The third-order valence-corrected chi connectivity index (χ3v) is 6.20. The molecule has 138 valence electrons. The van der Waals surface area contributed by atoms with Gasteiger partial charge in [0.25, 0.3) is 5.91 Å². The van der Waals surface area contributed by atoms with Gasteiger partial charge in [0.1, 0.15) is 5.75 Å². The Labute approximate surface area is 154 Å². The normalized spacial score (nSPS) is 19.7. The lowest BCUT2D eigenvalue weighted by atomic mass is 10.1. The van der Waals surface area contributed by atoms with Gasteiger partial charge < -0.3 is 10.1 Å². The standard InChI is InChI=1S/C20H23NO4S/c1-15(20(22)21-18-11-12-26(23,24)14-18)25-19-9-7-17(8-10-19)13-16-5-3-2-4-6-16/h2-10,15,18H,11-14H2,1H3,(H,21,22). The molecule has 2 aromatic rings. The molecule has 2 aromatic carbocycles. The van der Waals surface area contributed by atoms with E-state index in [2.05, 4.69) is 17.4 Å². The van der Waals surface area contributed by atoms with Crippen molar-refractivity contribution in [1.82, 2.24) is 5.32 Å². The average molecular weight is 373 g/mol. The molecule has 0 bridgehead atoms. The summed E-state index contributed by atoms with van der Waals surface area (Å²) in [5.41, 5.74) is 2.40. The minimum atomic E-state index is -3.01. The zero-order valence-electron chi connectivity index (χ0n) is 14.7. The number of carbonyl (C=O) groups is 1. The highest BCUT2D eigenvalue weighted by Gasteiger charge is 2.30. The van der Waals surface area contributed by atoms with Crippen LogP contribution in [-0.4, -0.2) is 38.0 Å². The van der Waals surface area contributed by atoms with Crippen LogP contribution in [0.25, 0.3) is 0 Å². The molecule has 1 N–H and O–H groups in total. The van der Waals surface area contributed by atoms with Gasteiger partial charge in [-0.25, -0.2) is 8.42 Å². The maximum absolute atomic E-state index is 12.2. The summed E-state index contributed by atoms with van der Waals surface area (Å²) < 4.78 is 28.6. The van der Waals surface area contributed by atoms with Crippen molar-refractivity contribution in [2.24, 2.45) is 0 Å². The van der Waals surface area contributed by atoms with Crippen molar-refractivity contribution in [3.8, 4) is 5.75 Å². The zero-order chi connectivity index (χ0) is 18.6. The molecule has 0 aromatic heterocycles. The van der Waals surface area contributed by atoms with Crippen LogP contribution in [0.4, 0.5) is 0 Å². The second kappa shape index (κ2) is 7.91. The number of amides is 1. The van der Waals surface area contributed by atoms with Crippen molar-refractivity contribution in [2.45, 2.75) is 31.9 Å². The molecule has 1 heterocycles. The second-order valence-electron chi connectivity index (χ2n) is 6.67. The predicted molar refractivity (Wildman–Crippen MR) is 101 cm³/mol. The highest BCUT2D eigenvalue weighted by molar-refractivity contribution is 7.91. The predicted octanol–water partition coefficient (Wildman–Crippen LogP) is 2.35. The first kappa shape index (κ1) is 18.5. The molecular formula is C20H23NO4S. The summed E-state index contributed by atoms with van der Waals surface area (Å²) in [7, 11) is -3.01. The average Bonchev–Trinajstić information content (AvgIpc) is 2.96. The van der Waals surface area contributed by atoms with Gasteiger partial charge in [0.2, 0.25) is 0 Å². The van der Waals surface area contributed by atoms with Crippen molar-refractivity contribution in [3.63, 3.8) is 0 Å². The number of carbonyl (C=O) groups excluding carboxylic acids is 1. The van der Waals surface area contributed by atoms with E-state index in [9.17, 15) is 13.2 Å². The van der Waals surface area contributed by atoms with Crippen LogP contribution in [0.15, 0.2) is 54.6 Å². The van der Waals surface area contributed by atoms with Gasteiger partial charge >= 0.3 is 0 Å². The van der Waals surface area contributed by atoms with E-state index in [4.69, 9.17) is 4.74 Å². The van der Waals surface area contributed by atoms with E-state index in [1.54, 1.807) is 6.92 Å². The van der Waals surface area contributed by atoms with E-state index in [0.29, 0.717) is 12.2 Å². The molecule has 5 nitrogen and oxygen atoms in total. The van der Waals surface area contributed by atoms with Crippen LogP contribution in [0.5, 0.6) is 5.75 Å². The van der Waals surface area contributed by atoms with Crippen molar-refractivity contribution in [3.05, 3.63) is 65.7 Å². The Kier molecular flexibility index (Phi) is 5.61. The number of benzene rings is 2. The molecule has 0 aliphatic carbocycles. The molecule has 1 fully saturated rings. The molecule has 1 amide bonds. The van der Waals surface area contributed by atoms with Crippen LogP contribution in [0, 0.1) is 0 Å². The lowest BCUT2D eigenvalue weighted by molar-refractivity contribution is -0.127. The summed E-state index contributed by atoms with van der Waals surface area (Å²) in [4.78, 5) is 12.2. The molecule has 2 atom stereocenters. The fourth-order valence-corrected chi connectivity index (χ4v) is 4.68. The molecule has 1 aliphatic rings. The van der Waals surface area contributed by atoms with E-state index < -0.39 is 15.9 Å². The quantitative estimate of drug-likeness (QED) is 0.844. The number of hydrogen-bond acceptors (Lipinski definition) is 4. The van der Waals surface area contributed by atoms with Crippen LogP contribution < -0.4 is 10.1 Å². The van der Waals surface area contributed by atoms with Crippen molar-refractivity contribution >= 4 is 15.7 Å². The minimum absolute atomic E-state index is 0.0135. The first-order valence-electron chi connectivity index (χ1n) is 8.71. The van der Waals surface area contributed by atoms with Crippen LogP contribution in [-0.2, 0) is 21.1 Å². The monoisotopic (exact) mass is 373 g/mol. The lowest BCUT2D eigenvalue weighted by Crippen LogP contribution is -2.43. The fraction of sp³-hybridized carbons (Fsp3) is 0.350. The molecule has 6 heteroatoms. The van der Waals surface area contributed by atoms with Crippen LogP contribution in [0.1, 0.15) is 24.5 Å². The fourth-order valence-electron chi connectivity index (χ4n) is 3.00. The highest BCUT2D eigenvalue weighted by atomic mass is 32.2. The maximum Gasteiger partial charge on any atom is 0.261 e. The van der Waals surface area contributed by atoms with E-state index in [-0.39, 0.29) is 23.5 Å². The van der Waals surface area contributed by atoms with Gasteiger partial charge in [-0.1, -0.05) is 42.5 Å². The first-order valence-corrected chi connectivity index (χ1v) is 10.5. The van der Waals surface area contributed by atoms with Crippen LogP contribution >= 0.6 is 0 Å². The number of hydrogen-bond donors (Lipinski definition) is 1. The Bertz CT molecular complexity index is 847. The number of sulfone groups is 1. The molecular weight excluding hydrogens is 350 g/mol. The Morgan fingerprint density at radius 1 is 1.12 bits per heavy atom. The third kappa shape index (κ3) is 5.08. The van der Waals surface area contributed by atoms with Gasteiger partial charge in [-0.05, 0) is 43.0 Å². The molecule has 2 unspecified atom stereocenters. The van der Waals surface area contributed by atoms with Gasteiger partial charge in [-0.3, -0.25) is 4.79 Å². The van der Waals surface area contributed by atoms with Gasteiger partial charge in [-0.15, -0.1) is 0 Å². The van der Waals surface area contributed by atoms with Crippen molar-refractivity contribution < 1.29 is 17.9 Å². The second-order valence-corrected chi connectivity index (χ2v) is 8.90. The van der Waals surface area contributed by atoms with E-state index in [0.717, 1.165) is 12.0 Å². The molecule has 1 saturated heterocycles. The molecule has 3 rings (SSSR count). The molecule has 0 radical (unpaired) electrons. The number of ether oxygens (including phenoxy) is 1. The first-order chi connectivity index (χ1) is 12.4.